The van der Waals surface area contributed by atoms with E-state index in [0.29, 0.717) is 30.5 Å². The molecule has 0 saturated carbocycles. The van der Waals surface area contributed by atoms with Crippen molar-refractivity contribution in [3.63, 3.8) is 0 Å². The standard InChI is InChI=1S/C12H14ClN5S/c1-2-6-16-12(18-11(14)19)17-8-5-10-9(13)4-3-7-15-10/h1,3-4,7H,5-6,8H2,(H4,14,16,17,18,19). The molecule has 1 aromatic heterocycles. The van der Waals surface area contributed by atoms with Crippen LogP contribution in [0.15, 0.2) is 23.3 Å². The first-order valence-electron chi connectivity index (χ1n) is 5.51. The summed E-state index contributed by atoms with van der Waals surface area (Å²) in [5, 5.41) is 6.35. The Morgan fingerprint density at radius 3 is 3.05 bits per heavy atom. The van der Waals surface area contributed by atoms with Crippen LogP contribution in [-0.2, 0) is 6.42 Å². The second-order valence-electron chi connectivity index (χ2n) is 3.46. The maximum absolute atomic E-state index is 6.00. The van der Waals surface area contributed by atoms with Gasteiger partial charge in [0.25, 0.3) is 0 Å². The number of halogens is 1. The highest BCUT2D eigenvalue weighted by Gasteiger charge is 2.01. The second kappa shape index (κ2) is 8.29. The summed E-state index contributed by atoms with van der Waals surface area (Å²) < 4.78 is 0. The number of aromatic nitrogens is 1. The van der Waals surface area contributed by atoms with Gasteiger partial charge in [-0.25, -0.2) is 0 Å². The Kier molecular flexibility index (Phi) is 6.64. The number of aliphatic imine (C=N–C) groups is 1. The van der Waals surface area contributed by atoms with Gasteiger partial charge in [0.05, 0.1) is 17.3 Å². The molecule has 1 rings (SSSR count). The molecule has 0 aromatic carbocycles. The third kappa shape index (κ3) is 6.04. The molecule has 0 radical (unpaired) electrons. The van der Waals surface area contributed by atoms with Crippen LogP contribution in [0.2, 0.25) is 5.02 Å². The molecule has 0 aliphatic rings. The summed E-state index contributed by atoms with van der Waals surface area (Å²) in [7, 11) is 0. The summed E-state index contributed by atoms with van der Waals surface area (Å²) in [4.78, 5) is 8.44. The SMILES string of the molecule is C#CCNC(=NCCc1ncccc1Cl)NC(N)=S. The van der Waals surface area contributed by atoms with Crippen LogP contribution in [0.4, 0.5) is 0 Å². The van der Waals surface area contributed by atoms with Gasteiger partial charge in [-0.15, -0.1) is 6.42 Å². The normalized spacial score (nSPS) is 10.6. The lowest BCUT2D eigenvalue weighted by Crippen LogP contribution is -2.43. The third-order valence-corrected chi connectivity index (χ3v) is 2.50. The number of nitrogens with one attached hydrogen (secondary N) is 2. The van der Waals surface area contributed by atoms with Crippen LogP contribution in [0.25, 0.3) is 0 Å². The van der Waals surface area contributed by atoms with E-state index >= 15 is 0 Å². The molecule has 7 heteroatoms. The van der Waals surface area contributed by atoms with Gasteiger partial charge in [-0.1, -0.05) is 17.5 Å². The molecule has 0 amide bonds. The molecule has 0 atom stereocenters. The maximum Gasteiger partial charge on any atom is 0.198 e. The molecule has 5 nitrogen and oxygen atoms in total. The van der Waals surface area contributed by atoms with Crippen LogP contribution in [0, 0.1) is 12.3 Å². The minimum absolute atomic E-state index is 0.124. The van der Waals surface area contributed by atoms with Crippen molar-refractivity contribution in [1.82, 2.24) is 15.6 Å². The van der Waals surface area contributed by atoms with Crippen LogP contribution < -0.4 is 16.4 Å². The molecule has 0 unspecified atom stereocenters. The first-order chi connectivity index (χ1) is 9.13. The summed E-state index contributed by atoms with van der Waals surface area (Å²) in [5.74, 6) is 2.88. The van der Waals surface area contributed by atoms with Gasteiger partial charge >= 0.3 is 0 Å². The minimum Gasteiger partial charge on any atom is -0.376 e. The van der Waals surface area contributed by atoms with Gasteiger partial charge in [-0.05, 0) is 24.4 Å². The van der Waals surface area contributed by atoms with Crippen LogP contribution in [-0.4, -0.2) is 29.1 Å². The van der Waals surface area contributed by atoms with E-state index in [4.69, 9.17) is 36.0 Å². The van der Waals surface area contributed by atoms with E-state index in [1.54, 1.807) is 18.3 Å². The monoisotopic (exact) mass is 295 g/mol. The van der Waals surface area contributed by atoms with Crippen molar-refractivity contribution in [1.29, 1.82) is 0 Å². The molecule has 0 spiro atoms. The lowest BCUT2D eigenvalue weighted by molar-refractivity contribution is 0.894. The van der Waals surface area contributed by atoms with Gasteiger partial charge in [0.1, 0.15) is 0 Å². The quantitative estimate of drug-likeness (QED) is 0.330. The molecule has 19 heavy (non-hydrogen) atoms. The van der Waals surface area contributed by atoms with E-state index in [0.717, 1.165) is 5.69 Å². The van der Waals surface area contributed by atoms with Crippen molar-refractivity contribution in [2.24, 2.45) is 10.7 Å². The van der Waals surface area contributed by atoms with Crippen LogP contribution >= 0.6 is 23.8 Å². The van der Waals surface area contributed by atoms with Gasteiger partial charge < -0.3 is 16.4 Å². The minimum atomic E-state index is 0.124. The number of nitrogens with zero attached hydrogens (tertiary/aromatic N) is 2. The van der Waals surface area contributed by atoms with Crippen molar-refractivity contribution in [2.75, 3.05) is 13.1 Å². The Bertz CT molecular complexity index is 509. The van der Waals surface area contributed by atoms with E-state index in [1.807, 2.05) is 0 Å². The number of terminal acetylenes is 1. The Morgan fingerprint density at radius 1 is 1.63 bits per heavy atom. The zero-order valence-electron chi connectivity index (χ0n) is 10.2. The van der Waals surface area contributed by atoms with Crippen molar-refractivity contribution >= 4 is 34.9 Å². The Labute approximate surface area is 122 Å². The van der Waals surface area contributed by atoms with Crippen molar-refractivity contribution in [3.8, 4) is 12.3 Å². The van der Waals surface area contributed by atoms with E-state index in [9.17, 15) is 0 Å². The zero-order valence-corrected chi connectivity index (χ0v) is 11.8. The van der Waals surface area contributed by atoms with E-state index < -0.39 is 0 Å². The summed E-state index contributed by atoms with van der Waals surface area (Å²) in [6.45, 7) is 0.818. The fourth-order valence-electron chi connectivity index (χ4n) is 1.27. The molecule has 100 valence electrons. The molecule has 1 heterocycles. The van der Waals surface area contributed by atoms with Crippen LogP contribution in [0.3, 0.4) is 0 Å². The third-order valence-electron chi connectivity index (χ3n) is 2.05. The summed E-state index contributed by atoms with van der Waals surface area (Å²) in [5.41, 5.74) is 6.18. The van der Waals surface area contributed by atoms with E-state index in [1.165, 1.54) is 0 Å². The number of pyridine rings is 1. The Balaban J connectivity index is 2.58. The highest BCUT2D eigenvalue weighted by atomic mass is 35.5. The average molecular weight is 296 g/mol. The topological polar surface area (TPSA) is 75.3 Å². The molecular formula is C12H14ClN5S. The van der Waals surface area contributed by atoms with E-state index in [-0.39, 0.29) is 5.11 Å². The lowest BCUT2D eigenvalue weighted by atomic mass is 10.3. The number of rotatable bonds is 4. The first kappa shape index (κ1) is 15.2. The Morgan fingerprint density at radius 2 is 2.42 bits per heavy atom. The number of guanidine groups is 1. The predicted octanol–water partition coefficient (Wildman–Crippen LogP) is 0.690. The van der Waals surface area contributed by atoms with Gasteiger partial charge in [-0.3, -0.25) is 9.98 Å². The largest absolute Gasteiger partial charge is 0.376 e. The highest BCUT2D eigenvalue weighted by Crippen LogP contribution is 2.12. The molecule has 0 saturated heterocycles. The molecule has 0 aliphatic carbocycles. The average Bonchev–Trinajstić information content (AvgIpc) is 2.37. The first-order valence-corrected chi connectivity index (χ1v) is 6.29. The van der Waals surface area contributed by atoms with Crippen LogP contribution in [0.5, 0.6) is 0 Å². The van der Waals surface area contributed by atoms with Gasteiger partial charge in [0.2, 0.25) is 0 Å². The van der Waals surface area contributed by atoms with Crippen molar-refractivity contribution < 1.29 is 0 Å². The molecule has 0 aliphatic heterocycles. The smallest absolute Gasteiger partial charge is 0.198 e. The zero-order chi connectivity index (χ0) is 14.1. The fourth-order valence-corrected chi connectivity index (χ4v) is 1.58. The fraction of sp³-hybridized carbons (Fsp3) is 0.250. The number of hydrogen-bond acceptors (Lipinski definition) is 3. The predicted molar refractivity (Wildman–Crippen MR) is 82.0 cm³/mol. The maximum atomic E-state index is 6.00. The molecule has 0 bridgehead atoms. The molecule has 1 aromatic rings. The van der Waals surface area contributed by atoms with Gasteiger partial charge in [0, 0.05) is 19.2 Å². The van der Waals surface area contributed by atoms with Crippen LogP contribution in [0.1, 0.15) is 5.69 Å². The molecular weight excluding hydrogens is 282 g/mol. The van der Waals surface area contributed by atoms with Gasteiger partial charge in [-0.2, -0.15) is 0 Å². The summed E-state index contributed by atoms with van der Waals surface area (Å²) in [6, 6.07) is 3.57. The lowest BCUT2D eigenvalue weighted by Gasteiger charge is -2.09. The van der Waals surface area contributed by atoms with E-state index in [2.05, 4.69) is 26.5 Å². The summed E-state index contributed by atoms with van der Waals surface area (Å²) in [6.07, 6.45) is 7.46. The van der Waals surface area contributed by atoms with Crippen molar-refractivity contribution in [3.05, 3.63) is 29.0 Å². The van der Waals surface area contributed by atoms with Gasteiger partial charge in [0.15, 0.2) is 11.1 Å². The number of hydrogen-bond donors (Lipinski definition) is 3. The highest BCUT2D eigenvalue weighted by molar-refractivity contribution is 7.80. The number of thiocarbonyl (C=S) groups is 1. The Hall–Kier alpha value is -1.84. The summed E-state index contributed by atoms with van der Waals surface area (Å²) >= 11 is 10.7. The molecule has 4 N–H and O–H groups in total. The number of nitrogens with two attached hydrogens (primary N) is 1. The molecule has 0 fully saturated rings. The van der Waals surface area contributed by atoms with Crippen molar-refractivity contribution in [2.45, 2.75) is 6.42 Å². The second-order valence-corrected chi connectivity index (χ2v) is 4.31.